The second kappa shape index (κ2) is 6.68. The zero-order valence-corrected chi connectivity index (χ0v) is 10.0. The Balaban J connectivity index is 0.000000980. The smallest absolute Gasteiger partial charge is 0.0861 e. The zero-order valence-electron chi connectivity index (χ0n) is 9.21. The Morgan fingerprint density at radius 3 is 1.29 bits per heavy atom. The van der Waals surface area contributed by atoms with Gasteiger partial charge in [0, 0.05) is 0 Å². The van der Waals surface area contributed by atoms with E-state index in [0.717, 1.165) is 12.1 Å². The van der Waals surface area contributed by atoms with Gasteiger partial charge in [-0.2, -0.15) is 0 Å². The van der Waals surface area contributed by atoms with Gasteiger partial charge in [-0.05, 0) is 51.4 Å². The van der Waals surface area contributed by atoms with Gasteiger partial charge in [-0.3, -0.25) is 0 Å². The third-order valence-corrected chi connectivity index (χ3v) is 3.84. The van der Waals surface area contributed by atoms with Crippen LogP contribution in [0.25, 0.3) is 0 Å². The van der Waals surface area contributed by atoms with Gasteiger partial charge in [0.15, 0.2) is 0 Å². The molecule has 2 N–H and O–H groups in total. The largest absolute Gasteiger partial charge is 0.341 e. The molecular formula is C12H25ClN+. The lowest BCUT2D eigenvalue weighted by Gasteiger charge is -2.27. The van der Waals surface area contributed by atoms with E-state index in [1.165, 1.54) is 64.2 Å². The lowest BCUT2D eigenvalue weighted by Crippen LogP contribution is -2.95. The van der Waals surface area contributed by atoms with E-state index in [0.29, 0.717) is 0 Å². The van der Waals surface area contributed by atoms with Crippen molar-refractivity contribution >= 4 is 12.4 Å². The highest BCUT2D eigenvalue weighted by Gasteiger charge is 2.22. The van der Waals surface area contributed by atoms with Crippen LogP contribution in [0.15, 0.2) is 0 Å². The van der Waals surface area contributed by atoms with E-state index in [9.17, 15) is 0 Å². The first-order valence-electron chi connectivity index (χ1n) is 6.30. The van der Waals surface area contributed by atoms with E-state index >= 15 is 0 Å². The molecule has 0 aromatic heterocycles. The quantitative estimate of drug-likeness (QED) is 0.734. The molecule has 0 unspecified atom stereocenters. The standard InChI is InChI=1S/C12H23N.ClH/c1-3-7-11(8-4-1)13-12-9-5-2-6-10-12;/h11-13H,1-10H2;1H/p+1. The van der Waals surface area contributed by atoms with Gasteiger partial charge < -0.3 is 5.32 Å². The molecule has 14 heavy (non-hydrogen) atoms. The Hall–Kier alpha value is 0.250. The highest BCUT2D eigenvalue weighted by atomic mass is 35.5. The molecule has 0 radical (unpaired) electrons. The van der Waals surface area contributed by atoms with Gasteiger partial charge in [-0.15, -0.1) is 12.4 Å². The van der Waals surface area contributed by atoms with Crippen molar-refractivity contribution in [2.45, 2.75) is 76.3 Å². The molecule has 0 heterocycles. The molecule has 2 heteroatoms. The van der Waals surface area contributed by atoms with Crippen LogP contribution >= 0.6 is 12.4 Å². The van der Waals surface area contributed by atoms with Crippen molar-refractivity contribution in [3.05, 3.63) is 0 Å². The molecule has 0 spiro atoms. The molecular weight excluding hydrogens is 194 g/mol. The third-order valence-electron chi connectivity index (χ3n) is 3.84. The molecule has 0 aromatic carbocycles. The van der Waals surface area contributed by atoms with Gasteiger partial charge in [-0.25, -0.2) is 0 Å². The summed E-state index contributed by atoms with van der Waals surface area (Å²) in [4.78, 5) is 0. The van der Waals surface area contributed by atoms with Gasteiger partial charge >= 0.3 is 0 Å². The predicted octanol–water partition coefficient (Wildman–Crippen LogP) is 2.64. The van der Waals surface area contributed by atoms with Gasteiger partial charge in [-0.1, -0.05) is 12.8 Å². The monoisotopic (exact) mass is 218 g/mol. The molecule has 84 valence electrons. The summed E-state index contributed by atoms with van der Waals surface area (Å²) in [6, 6.07) is 1.99. The molecule has 2 fully saturated rings. The molecule has 0 bridgehead atoms. The Morgan fingerprint density at radius 2 is 0.929 bits per heavy atom. The van der Waals surface area contributed by atoms with E-state index in [2.05, 4.69) is 5.32 Å². The Labute approximate surface area is 94.4 Å². The molecule has 0 amide bonds. The van der Waals surface area contributed by atoms with Crippen LogP contribution in [0, 0.1) is 0 Å². The van der Waals surface area contributed by atoms with Crippen molar-refractivity contribution < 1.29 is 5.32 Å². The minimum absolute atomic E-state index is 0. The minimum Gasteiger partial charge on any atom is -0.341 e. The topological polar surface area (TPSA) is 16.6 Å². The average Bonchev–Trinajstić information content (AvgIpc) is 2.21. The first kappa shape index (κ1) is 12.3. The van der Waals surface area contributed by atoms with Crippen LogP contribution in [0.3, 0.4) is 0 Å². The summed E-state index contributed by atoms with van der Waals surface area (Å²) in [5, 5.41) is 2.72. The van der Waals surface area contributed by atoms with Crippen LogP contribution in [0.2, 0.25) is 0 Å². The maximum atomic E-state index is 2.72. The van der Waals surface area contributed by atoms with E-state index in [4.69, 9.17) is 0 Å². The van der Waals surface area contributed by atoms with E-state index in [-0.39, 0.29) is 12.4 Å². The summed E-state index contributed by atoms with van der Waals surface area (Å²) in [7, 11) is 0. The van der Waals surface area contributed by atoms with E-state index < -0.39 is 0 Å². The fraction of sp³-hybridized carbons (Fsp3) is 1.00. The Bertz CT molecular complexity index is 121. The molecule has 0 atom stereocenters. The van der Waals surface area contributed by atoms with Crippen LogP contribution in [-0.2, 0) is 0 Å². The maximum Gasteiger partial charge on any atom is 0.0861 e. The fourth-order valence-electron chi connectivity index (χ4n) is 3.04. The minimum atomic E-state index is 0. The zero-order chi connectivity index (χ0) is 8.93. The number of rotatable bonds is 2. The summed E-state index contributed by atoms with van der Waals surface area (Å²) in [5.41, 5.74) is 0. The third kappa shape index (κ3) is 3.78. The molecule has 2 rings (SSSR count). The molecule has 0 aromatic rings. The number of hydrogen-bond acceptors (Lipinski definition) is 0. The highest BCUT2D eigenvalue weighted by molar-refractivity contribution is 5.85. The predicted molar refractivity (Wildman–Crippen MR) is 62.9 cm³/mol. The summed E-state index contributed by atoms with van der Waals surface area (Å²) in [5.74, 6) is 0. The number of halogens is 1. The second-order valence-electron chi connectivity index (χ2n) is 4.99. The summed E-state index contributed by atoms with van der Waals surface area (Å²) in [6.45, 7) is 0. The maximum absolute atomic E-state index is 2.72. The van der Waals surface area contributed by atoms with Crippen LogP contribution in [0.5, 0.6) is 0 Å². The van der Waals surface area contributed by atoms with Crippen molar-refractivity contribution in [1.29, 1.82) is 0 Å². The highest BCUT2D eigenvalue weighted by Crippen LogP contribution is 2.18. The summed E-state index contributed by atoms with van der Waals surface area (Å²) >= 11 is 0. The number of nitrogens with two attached hydrogens (primary N) is 1. The molecule has 2 aliphatic rings. The van der Waals surface area contributed by atoms with Crippen LogP contribution < -0.4 is 5.32 Å². The molecule has 2 saturated carbocycles. The molecule has 0 aliphatic heterocycles. The SMILES string of the molecule is C1CCC([NH2+]C2CCCCC2)CC1.Cl. The number of hydrogen-bond donors (Lipinski definition) is 1. The van der Waals surface area contributed by atoms with Crippen molar-refractivity contribution in [2.24, 2.45) is 0 Å². The second-order valence-corrected chi connectivity index (χ2v) is 4.99. The van der Waals surface area contributed by atoms with Crippen LogP contribution in [0.4, 0.5) is 0 Å². The van der Waals surface area contributed by atoms with Gasteiger partial charge in [0.05, 0.1) is 12.1 Å². The van der Waals surface area contributed by atoms with Crippen molar-refractivity contribution in [1.82, 2.24) is 0 Å². The number of quaternary nitrogens is 1. The molecule has 2 aliphatic carbocycles. The molecule has 0 saturated heterocycles. The van der Waals surface area contributed by atoms with Crippen molar-refractivity contribution in [2.75, 3.05) is 0 Å². The summed E-state index contributed by atoms with van der Waals surface area (Å²) < 4.78 is 0. The summed E-state index contributed by atoms with van der Waals surface area (Å²) in [6.07, 6.45) is 15.0. The first-order chi connectivity index (χ1) is 6.45. The Kier molecular flexibility index (Phi) is 5.88. The first-order valence-corrected chi connectivity index (χ1v) is 6.30. The average molecular weight is 219 g/mol. The van der Waals surface area contributed by atoms with E-state index in [1.807, 2.05) is 0 Å². The Morgan fingerprint density at radius 1 is 0.571 bits per heavy atom. The van der Waals surface area contributed by atoms with Gasteiger partial charge in [0.25, 0.3) is 0 Å². The van der Waals surface area contributed by atoms with Gasteiger partial charge in [0.2, 0.25) is 0 Å². The van der Waals surface area contributed by atoms with E-state index in [1.54, 1.807) is 0 Å². The fourth-order valence-corrected chi connectivity index (χ4v) is 3.04. The van der Waals surface area contributed by atoms with Crippen molar-refractivity contribution in [3.8, 4) is 0 Å². The normalized spacial score (nSPS) is 25.7. The van der Waals surface area contributed by atoms with Crippen molar-refractivity contribution in [3.63, 3.8) is 0 Å². The lowest BCUT2D eigenvalue weighted by atomic mass is 9.91. The molecule has 1 nitrogen and oxygen atoms in total. The van der Waals surface area contributed by atoms with Crippen LogP contribution in [0.1, 0.15) is 64.2 Å². The van der Waals surface area contributed by atoms with Gasteiger partial charge in [0.1, 0.15) is 0 Å². The van der Waals surface area contributed by atoms with Crippen LogP contribution in [-0.4, -0.2) is 12.1 Å². The lowest BCUT2D eigenvalue weighted by molar-refractivity contribution is -0.725.